The maximum absolute atomic E-state index is 3.69. The Morgan fingerprint density at radius 3 is 2.24 bits per heavy atom. The molecule has 2 aliphatic rings. The lowest BCUT2D eigenvalue weighted by atomic mass is 10.1. The van der Waals surface area contributed by atoms with Gasteiger partial charge in [0.2, 0.25) is 0 Å². The van der Waals surface area contributed by atoms with Crippen molar-refractivity contribution in [3.05, 3.63) is 0 Å². The predicted octanol–water partition coefficient (Wildman–Crippen LogP) is 3.03. The average molecular weight is 238 g/mol. The van der Waals surface area contributed by atoms with Crippen molar-refractivity contribution in [2.45, 2.75) is 70.4 Å². The van der Waals surface area contributed by atoms with Gasteiger partial charge in [-0.2, -0.15) is 0 Å². The van der Waals surface area contributed by atoms with Crippen LogP contribution in [-0.4, -0.2) is 37.1 Å². The first-order valence-corrected chi connectivity index (χ1v) is 7.75. The highest BCUT2D eigenvalue weighted by Crippen LogP contribution is 2.33. The van der Waals surface area contributed by atoms with E-state index in [0.717, 1.165) is 24.5 Å². The molecule has 0 aliphatic heterocycles. The van der Waals surface area contributed by atoms with Crippen molar-refractivity contribution >= 4 is 0 Å². The number of nitrogens with zero attached hydrogens (tertiary/aromatic N) is 1. The van der Waals surface area contributed by atoms with Gasteiger partial charge >= 0.3 is 0 Å². The molecular weight excluding hydrogens is 208 g/mol. The third kappa shape index (κ3) is 4.26. The minimum atomic E-state index is 0.758. The van der Waals surface area contributed by atoms with E-state index < -0.39 is 0 Å². The van der Waals surface area contributed by atoms with Gasteiger partial charge in [0, 0.05) is 18.6 Å². The molecule has 0 aromatic heterocycles. The Morgan fingerprint density at radius 1 is 1.06 bits per heavy atom. The van der Waals surface area contributed by atoms with Crippen LogP contribution in [0.5, 0.6) is 0 Å². The summed E-state index contributed by atoms with van der Waals surface area (Å²) >= 11 is 0. The molecule has 0 bridgehead atoms. The van der Waals surface area contributed by atoms with Crippen LogP contribution in [0, 0.1) is 5.92 Å². The highest BCUT2D eigenvalue weighted by atomic mass is 15.2. The van der Waals surface area contributed by atoms with Gasteiger partial charge in [-0.25, -0.2) is 0 Å². The van der Waals surface area contributed by atoms with Gasteiger partial charge in [-0.15, -0.1) is 0 Å². The molecule has 0 amide bonds. The number of rotatable bonds is 6. The number of hydrogen-bond acceptors (Lipinski definition) is 2. The number of likely N-dealkylation sites (N-methyl/N-ethyl adjacent to an activating group) is 2. The first-order chi connectivity index (χ1) is 8.31. The zero-order chi connectivity index (χ0) is 12.1. The van der Waals surface area contributed by atoms with Crippen LogP contribution >= 0.6 is 0 Å². The quantitative estimate of drug-likeness (QED) is 0.716. The maximum Gasteiger partial charge on any atom is 0.0223 e. The second kappa shape index (κ2) is 6.75. The van der Waals surface area contributed by atoms with Crippen molar-refractivity contribution in [1.82, 2.24) is 10.2 Å². The molecule has 100 valence electrons. The van der Waals surface area contributed by atoms with E-state index in [1.54, 1.807) is 0 Å². The Labute approximate surface area is 107 Å². The van der Waals surface area contributed by atoms with Crippen LogP contribution in [0.3, 0.4) is 0 Å². The Bertz CT molecular complexity index is 205. The molecule has 2 aliphatic carbocycles. The molecule has 0 saturated heterocycles. The van der Waals surface area contributed by atoms with Crippen LogP contribution in [0.25, 0.3) is 0 Å². The molecule has 0 aromatic carbocycles. The Hall–Kier alpha value is -0.0800. The van der Waals surface area contributed by atoms with Crippen molar-refractivity contribution in [3.63, 3.8) is 0 Å². The summed E-state index contributed by atoms with van der Waals surface area (Å²) in [7, 11) is 2.35. The molecule has 2 rings (SSSR count). The zero-order valence-corrected chi connectivity index (χ0v) is 11.8. The van der Waals surface area contributed by atoms with Crippen LogP contribution < -0.4 is 5.32 Å². The molecule has 2 nitrogen and oxygen atoms in total. The van der Waals surface area contributed by atoms with Crippen molar-refractivity contribution in [1.29, 1.82) is 0 Å². The molecule has 17 heavy (non-hydrogen) atoms. The summed E-state index contributed by atoms with van der Waals surface area (Å²) in [5.41, 5.74) is 0. The summed E-state index contributed by atoms with van der Waals surface area (Å²) in [5.74, 6) is 0.975. The normalized spacial score (nSPS) is 24.9. The molecule has 0 radical (unpaired) electrons. The lowest BCUT2D eigenvalue weighted by molar-refractivity contribution is 0.192. The molecule has 2 saturated carbocycles. The first-order valence-electron chi connectivity index (χ1n) is 7.75. The molecule has 0 heterocycles. The number of nitrogens with one attached hydrogen (secondary N) is 1. The third-order valence-corrected chi connectivity index (χ3v) is 4.59. The standard InChI is InChI=1S/C15H30N2/c1-3-16-15(13-10-11-13)12-17(2)14-8-6-4-5-7-9-14/h13-16H,3-12H2,1-2H3. The van der Waals surface area contributed by atoms with E-state index in [9.17, 15) is 0 Å². The summed E-state index contributed by atoms with van der Waals surface area (Å²) < 4.78 is 0. The molecule has 0 spiro atoms. The molecule has 2 fully saturated rings. The first kappa shape index (κ1) is 13.4. The summed E-state index contributed by atoms with van der Waals surface area (Å²) in [5, 5.41) is 3.69. The molecular formula is C15H30N2. The van der Waals surface area contributed by atoms with E-state index >= 15 is 0 Å². The second-order valence-corrected chi connectivity index (χ2v) is 6.09. The van der Waals surface area contributed by atoms with E-state index in [1.807, 2.05) is 0 Å². The SMILES string of the molecule is CCNC(CN(C)C1CCCCCC1)C1CC1. The highest BCUT2D eigenvalue weighted by molar-refractivity contribution is 4.89. The molecule has 1 N–H and O–H groups in total. The lowest BCUT2D eigenvalue weighted by Crippen LogP contribution is -2.44. The van der Waals surface area contributed by atoms with Crippen LogP contribution in [0.15, 0.2) is 0 Å². The second-order valence-electron chi connectivity index (χ2n) is 6.09. The van der Waals surface area contributed by atoms with Crippen LogP contribution in [0.1, 0.15) is 58.3 Å². The van der Waals surface area contributed by atoms with Crippen molar-refractivity contribution in [2.75, 3.05) is 20.1 Å². The monoisotopic (exact) mass is 238 g/mol. The summed E-state index contributed by atoms with van der Waals surface area (Å²) in [6.45, 7) is 4.63. The molecule has 0 aromatic rings. The van der Waals surface area contributed by atoms with Gasteiger partial charge in [-0.3, -0.25) is 0 Å². The highest BCUT2D eigenvalue weighted by Gasteiger charge is 2.32. The maximum atomic E-state index is 3.69. The fourth-order valence-electron chi connectivity index (χ4n) is 3.30. The summed E-state index contributed by atoms with van der Waals surface area (Å²) in [6, 6.07) is 1.62. The topological polar surface area (TPSA) is 15.3 Å². The Morgan fingerprint density at radius 2 is 1.71 bits per heavy atom. The van der Waals surface area contributed by atoms with Gasteiger partial charge in [0.15, 0.2) is 0 Å². The molecule has 2 heteroatoms. The van der Waals surface area contributed by atoms with Gasteiger partial charge in [-0.05, 0) is 45.2 Å². The van der Waals surface area contributed by atoms with Crippen molar-refractivity contribution in [3.8, 4) is 0 Å². The van der Waals surface area contributed by atoms with Gasteiger partial charge < -0.3 is 10.2 Å². The van der Waals surface area contributed by atoms with E-state index in [1.165, 1.54) is 57.9 Å². The summed E-state index contributed by atoms with van der Waals surface area (Å²) in [6.07, 6.45) is 11.6. The van der Waals surface area contributed by atoms with Gasteiger partial charge in [0.1, 0.15) is 0 Å². The van der Waals surface area contributed by atoms with E-state index in [2.05, 4.69) is 24.2 Å². The van der Waals surface area contributed by atoms with Crippen LogP contribution in [0.2, 0.25) is 0 Å². The van der Waals surface area contributed by atoms with E-state index in [-0.39, 0.29) is 0 Å². The van der Waals surface area contributed by atoms with Gasteiger partial charge in [0.05, 0.1) is 0 Å². The zero-order valence-electron chi connectivity index (χ0n) is 11.8. The van der Waals surface area contributed by atoms with E-state index in [4.69, 9.17) is 0 Å². The van der Waals surface area contributed by atoms with Crippen LogP contribution in [0.4, 0.5) is 0 Å². The van der Waals surface area contributed by atoms with Gasteiger partial charge in [-0.1, -0.05) is 32.6 Å². The molecule has 1 atom stereocenters. The van der Waals surface area contributed by atoms with Crippen LogP contribution in [-0.2, 0) is 0 Å². The third-order valence-electron chi connectivity index (χ3n) is 4.59. The fourth-order valence-corrected chi connectivity index (χ4v) is 3.30. The average Bonchev–Trinajstić information content (AvgIpc) is 3.15. The summed E-state index contributed by atoms with van der Waals surface area (Å²) in [4.78, 5) is 2.65. The lowest BCUT2D eigenvalue weighted by Gasteiger charge is -2.31. The van der Waals surface area contributed by atoms with Gasteiger partial charge in [0.25, 0.3) is 0 Å². The molecule has 1 unspecified atom stereocenters. The largest absolute Gasteiger partial charge is 0.313 e. The predicted molar refractivity (Wildman–Crippen MR) is 74.3 cm³/mol. The van der Waals surface area contributed by atoms with Crippen molar-refractivity contribution in [2.24, 2.45) is 5.92 Å². The minimum Gasteiger partial charge on any atom is -0.313 e. The smallest absolute Gasteiger partial charge is 0.0223 e. The fraction of sp³-hybridized carbons (Fsp3) is 1.00. The van der Waals surface area contributed by atoms with Crippen molar-refractivity contribution < 1.29 is 0 Å². The Kier molecular flexibility index (Phi) is 5.30. The Balaban J connectivity index is 1.78. The van der Waals surface area contributed by atoms with E-state index in [0.29, 0.717) is 0 Å². The number of hydrogen-bond donors (Lipinski definition) is 1. The minimum absolute atomic E-state index is 0.758.